The second-order valence-electron chi connectivity index (χ2n) is 4.68. The smallest absolute Gasteiger partial charge is 0.328 e. The number of benzene rings is 1. The van der Waals surface area contributed by atoms with E-state index in [2.05, 4.69) is 10.3 Å². The summed E-state index contributed by atoms with van der Waals surface area (Å²) in [4.78, 5) is 26.7. The van der Waals surface area contributed by atoms with Crippen molar-refractivity contribution < 1.29 is 23.5 Å². The first kappa shape index (κ1) is 15.7. The Labute approximate surface area is 126 Å². The maximum atomic E-state index is 12.5. The fraction of sp³-hybridized carbons (Fsp3) is 0.267. The fourth-order valence-corrected chi connectivity index (χ4v) is 1.86. The van der Waals surface area contributed by atoms with Crippen molar-refractivity contribution in [1.29, 1.82) is 0 Å². The van der Waals surface area contributed by atoms with Crippen LogP contribution in [0.2, 0.25) is 0 Å². The molecule has 0 spiro atoms. The van der Waals surface area contributed by atoms with Gasteiger partial charge in [0.1, 0.15) is 12.4 Å². The lowest BCUT2D eigenvalue weighted by Gasteiger charge is -2.09. The number of carboxylic acid groups (broad SMARTS) is 1. The molecule has 1 atom stereocenters. The zero-order chi connectivity index (χ0) is 16.1. The number of carbonyl (C=O) groups is 2. The molecule has 0 bridgehead atoms. The predicted octanol–water partition coefficient (Wildman–Crippen LogP) is 1.73. The van der Waals surface area contributed by atoms with E-state index >= 15 is 0 Å². The van der Waals surface area contributed by atoms with E-state index in [1.54, 1.807) is 6.92 Å². The molecule has 0 aliphatic carbocycles. The van der Waals surface area contributed by atoms with Crippen LogP contribution < -0.4 is 5.32 Å². The first-order chi connectivity index (χ1) is 10.5. The summed E-state index contributed by atoms with van der Waals surface area (Å²) in [7, 11) is 0. The summed E-state index contributed by atoms with van der Waals surface area (Å²) in [5, 5.41) is 10.8. The number of oxazole rings is 1. The van der Waals surface area contributed by atoms with Crippen LogP contribution in [0.3, 0.4) is 0 Å². The van der Waals surface area contributed by atoms with E-state index in [0.717, 1.165) is 5.56 Å². The molecule has 7 heteroatoms. The molecule has 0 aliphatic heterocycles. The maximum Gasteiger partial charge on any atom is 0.328 e. The molecule has 1 unspecified atom stereocenters. The molecule has 0 saturated heterocycles. The van der Waals surface area contributed by atoms with Crippen molar-refractivity contribution in [2.45, 2.75) is 19.4 Å². The first-order valence-electron chi connectivity index (χ1n) is 6.61. The van der Waals surface area contributed by atoms with E-state index in [4.69, 9.17) is 9.52 Å². The minimum Gasteiger partial charge on any atom is -0.480 e. The minimum absolute atomic E-state index is 0.175. The van der Waals surface area contributed by atoms with E-state index in [-0.39, 0.29) is 6.42 Å². The average Bonchev–Trinajstić information content (AvgIpc) is 2.86. The van der Waals surface area contributed by atoms with Crippen LogP contribution in [-0.4, -0.2) is 34.7 Å². The Balaban J connectivity index is 2.09. The molecule has 0 radical (unpaired) electrons. The molecule has 22 heavy (non-hydrogen) atoms. The molecule has 116 valence electrons. The van der Waals surface area contributed by atoms with Crippen LogP contribution in [0.5, 0.6) is 0 Å². The lowest BCUT2D eigenvalue weighted by Crippen LogP contribution is -2.43. The van der Waals surface area contributed by atoms with Crippen molar-refractivity contribution in [3.63, 3.8) is 0 Å². The zero-order valence-electron chi connectivity index (χ0n) is 11.9. The molecule has 1 aromatic heterocycles. The third-order valence-electron chi connectivity index (χ3n) is 3.03. The van der Waals surface area contributed by atoms with Crippen LogP contribution in [0.1, 0.15) is 11.5 Å². The van der Waals surface area contributed by atoms with Crippen molar-refractivity contribution in [2.24, 2.45) is 0 Å². The number of amides is 1. The van der Waals surface area contributed by atoms with Gasteiger partial charge in [0.15, 0.2) is 6.04 Å². The van der Waals surface area contributed by atoms with Crippen LogP contribution >= 0.6 is 0 Å². The predicted molar refractivity (Wildman–Crippen MR) is 75.9 cm³/mol. The maximum absolute atomic E-state index is 12.5. The number of rotatable bonds is 6. The van der Waals surface area contributed by atoms with Crippen LogP contribution in [-0.2, 0) is 16.0 Å². The molecular weight excluding hydrogens is 291 g/mol. The van der Waals surface area contributed by atoms with Gasteiger partial charge in [-0.1, -0.05) is 18.2 Å². The van der Waals surface area contributed by atoms with Crippen LogP contribution in [0, 0.1) is 6.92 Å². The van der Waals surface area contributed by atoms with Crippen molar-refractivity contribution in [3.8, 4) is 11.5 Å². The summed E-state index contributed by atoms with van der Waals surface area (Å²) >= 11 is 0. The number of nitrogens with zero attached hydrogens (tertiary/aromatic N) is 1. The number of nitrogens with one attached hydrogen (secondary N) is 1. The summed E-state index contributed by atoms with van der Waals surface area (Å²) in [6.07, 6.45) is -0.175. The Hall–Kier alpha value is -2.70. The molecule has 0 fully saturated rings. The minimum atomic E-state index is -1.55. The number of hydrogen-bond donors (Lipinski definition) is 2. The quantitative estimate of drug-likeness (QED) is 0.848. The molecule has 2 rings (SSSR count). The van der Waals surface area contributed by atoms with Crippen molar-refractivity contribution in [2.75, 3.05) is 6.67 Å². The number of carboxylic acids is 1. The van der Waals surface area contributed by atoms with Crippen LogP contribution in [0.4, 0.5) is 4.39 Å². The third kappa shape index (κ3) is 3.69. The molecule has 1 heterocycles. The van der Waals surface area contributed by atoms with E-state index in [1.165, 1.54) is 0 Å². The van der Waals surface area contributed by atoms with Gasteiger partial charge in [-0.2, -0.15) is 0 Å². The Morgan fingerprint density at radius 2 is 2.05 bits per heavy atom. The number of carbonyl (C=O) groups excluding carboxylic acids is 1. The molecule has 1 aromatic carbocycles. The number of alkyl halides is 1. The number of aryl methyl sites for hydroxylation is 1. The number of aromatic nitrogens is 1. The lowest BCUT2D eigenvalue weighted by atomic mass is 10.2. The lowest BCUT2D eigenvalue weighted by molar-refractivity contribution is -0.142. The summed E-state index contributed by atoms with van der Waals surface area (Å²) in [5.41, 5.74) is 1.16. The Morgan fingerprint density at radius 3 is 2.64 bits per heavy atom. The standard InChI is InChI=1S/C15H15FN2O4/c1-9-11(7-13(19)17-12(8-16)15(20)21)18-14(22-9)10-5-3-2-4-6-10/h2-6,12H,7-8H2,1H3,(H,17,19)(H,20,21). The summed E-state index contributed by atoms with van der Waals surface area (Å²) in [5.74, 6) is -1.21. The van der Waals surface area contributed by atoms with Crippen LogP contribution in [0.25, 0.3) is 11.5 Å². The number of halogens is 1. The van der Waals surface area contributed by atoms with Gasteiger partial charge >= 0.3 is 5.97 Å². The summed E-state index contributed by atoms with van der Waals surface area (Å²) < 4.78 is 18.0. The largest absolute Gasteiger partial charge is 0.480 e. The van der Waals surface area contributed by atoms with Crippen molar-refractivity contribution >= 4 is 11.9 Å². The normalized spacial score (nSPS) is 11.9. The van der Waals surface area contributed by atoms with Gasteiger partial charge in [-0.15, -0.1) is 0 Å². The number of aliphatic carboxylic acids is 1. The van der Waals surface area contributed by atoms with Gasteiger partial charge in [-0.3, -0.25) is 4.79 Å². The van der Waals surface area contributed by atoms with E-state index < -0.39 is 24.6 Å². The average molecular weight is 306 g/mol. The summed E-state index contributed by atoms with van der Waals surface area (Å²) in [6, 6.07) is 7.61. The highest BCUT2D eigenvalue weighted by Crippen LogP contribution is 2.21. The zero-order valence-corrected chi connectivity index (χ0v) is 11.9. The SMILES string of the molecule is Cc1oc(-c2ccccc2)nc1CC(=O)NC(CF)C(=O)O. The second kappa shape index (κ2) is 6.84. The first-order valence-corrected chi connectivity index (χ1v) is 6.61. The topological polar surface area (TPSA) is 92.4 Å². The van der Waals surface area contributed by atoms with Gasteiger partial charge in [0.2, 0.25) is 11.8 Å². The molecule has 1 amide bonds. The van der Waals surface area contributed by atoms with Crippen LogP contribution in [0.15, 0.2) is 34.7 Å². The highest BCUT2D eigenvalue weighted by molar-refractivity contribution is 5.84. The van der Waals surface area contributed by atoms with Gasteiger partial charge in [0.25, 0.3) is 0 Å². The molecule has 2 N–H and O–H groups in total. The fourth-order valence-electron chi connectivity index (χ4n) is 1.86. The van der Waals surface area contributed by atoms with Crippen molar-refractivity contribution in [3.05, 3.63) is 41.8 Å². The highest BCUT2D eigenvalue weighted by Gasteiger charge is 2.21. The molecular formula is C15H15FN2O4. The van der Waals surface area contributed by atoms with E-state index in [1.807, 2.05) is 30.3 Å². The van der Waals surface area contributed by atoms with Gasteiger partial charge in [0, 0.05) is 5.56 Å². The summed E-state index contributed by atoms with van der Waals surface area (Å²) in [6.45, 7) is 0.486. The third-order valence-corrected chi connectivity index (χ3v) is 3.03. The Bertz CT molecular complexity index is 669. The monoisotopic (exact) mass is 306 g/mol. The number of hydrogen-bond acceptors (Lipinski definition) is 4. The molecule has 0 saturated carbocycles. The van der Waals surface area contributed by atoms with E-state index in [9.17, 15) is 14.0 Å². The van der Waals surface area contributed by atoms with Crippen molar-refractivity contribution in [1.82, 2.24) is 10.3 Å². The Morgan fingerprint density at radius 1 is 1.36 bits per heavy atom. The molecule has 2 aromatic rings. The Kier molecular flexibility index (Phi) is 4.88. The highest BCUT2D eigenvalue weighted by atomic mass is 19.1. The van der Waals surface area contributed by atoms with E-state index in [0.29, 0.717) is 17.3 Å². The van der Waals surface area contributed by atoms with Gasteiger partial charge in [0.05, 0.1) is 12.1 Å². The van der Waals surface area contributed by atoms with Gasteiger partial charge in [-0.05, 0) is 19.1 Å². The second-order valence-corrected chi connectivity index (χ2v) is 4.68. The van der Waals surface area contributed by atoms with Gasteiger partial charge in [-0.25, -0.2) is 14.2 Å². The molecule has 6 nitrogen and oxygen atoms in total. The molecule has 0 aliphatic rings. The van der Waals surface area contributed by atoms with Gasteiger partial charge < -0.3 is 14.8 Å².